The molecule has 0 spiro atoms. The maximum Gasteiger partial charge on any atom is 0.282 e. The molecule has 10 heteroatoms. The molecule has 0 radical (unpaired) electrons. The first-order valence-corrected chi connectivity index (χ1v) is 9.56. The molecule has 1 aromatic heterocycles. The molecule has 0 N–H and O–H groups in total. The molecule has 3 rings (SSSR count). The predicted octanol–water partition coefficient (Wildman–Crippen LogP) is -0.269. The van der Waals surface area contributed by atoms with Crippen LogP contribution in [0.4, 0.5) is 0 Å². The molecule has 2 fully saturated rings. The van der Waals surface area contributed by atoms with E-state index < -0.39 is 10.2 Å². The minimum absolute atomic E-state index is 0.447. The van der Waals surface area contributed by atoms with Crippen LogP contribution >= 0.6 is 11.6 Å². The number of halogens is 1. The lowest BCUT2D eigenvalue weighted by molar-refractivity contribution is 0.0684. The fourth-order valence-electron chi connectivity index (χ4n) is 2.83. The monoisotopic (exact) mass is 363 g/mol. The van der Waals surface area contributed by atoms with E-state index in [4.69, 9.17) is 16.3 Å². The first kappa shape index (κ1) is 17.1. The smallest absolute Gasteiger partial charge is 0.282 e. The summed E-state index contributed by atoms with van der Waals surface area (Å²) in [5.41, 5.74) is 0. The van der Waals surface area contributed by atoms with Crippen molar-refractivity contribution in [3.05, 3.63) is 17.4 Å². The number of aromatic nitrogens is 2. The Bertz CT molecular complexity index is 609. The van der Waals surface area contributed by atoms with E-state index in [0.29, 0.717) is 44.4 Å². The summed E-state index contributed by atoms with van der Waals surface area (Å²) in [5.74, 6) is 0. The van der Waals surface area contributed by atoms with E-state index in [-0.39, 0.29) is 0 Å². The third kappa shape index (κ3) is 4.23. The third-order valence-corrected chi connectivity index (χ3v) is 6.43. The van der Waals surface area contributed by atoms with Gasteiger partial charge in [-0.1, -0.05) is 11.6 Å². The number of rotatable bonds is 5. The summed E-state index contributed by atoms with van der Waals surface area (Å²) in [4.78, 5) is 2.25. The van der Waals surface area contributed by atoms with Crippen LogP contribution in [0.2, 0.25) is 5.02 Å². The van der Waals surface area contributed by atoms with Crippen molar-refractivity contribution in [3.63, 3.8) is 0 Å². The van der Waals surface area contributed by atoms with Crippen molar-refractivity contribution >= 4 is 21.8 Å². The van der Waals surface area contributed by atoms with Crippen LogP contribution in [0.5, 0.6) is 0 Å². The molecule has 2 saturated heterocycles. The molecule has 3 heterocycles. The maximum absolute atomic E-state index is 12.6. The van der Waals surface area contributed by atoms with Crippen LogP contribution in [-0.4, -0.2) is 90.7 Å². The van der Waals surface area contributed by atoms with Crippen LogP contribution in [-0.2, 0) is 21.5 Å². The Morgan fingerprint density at radius 1 is 1.04 bits per heavy atom. The van der Waals surface area contributed by atoms with Crippen molar-refractivity contribution in [3.8, 4) is 0 Å². The van der Waals surface area contributed by atoms with E-state index in [0.717, 1.165) is 26.2 Å². The molecular formula is C13H22ClN5O3S. The Balaban J connectivity index is 1.47. The summed E-state index contributed by atoms with van der Waals surface area (Å²) in [7, 11) is -3.35. The molecular weight excluding hydrogens is 342 g/mol. The minimum Gasteiger partial charge on any atom is -0.379 e. The van der Waals surface area contributed by atoms with E-state index >= 15 is 0 Å². The Labute approximate surface area is 141 Å². The van der Waals surface area contributed by atoms with Crippen molar-refractivity contribution in [1.29, 1.82) is 0 Å². The van der Waals surface area contributed by atoms with Crippen molar-refractivity contribution in [2.75, 3.05) is 59.0 Å². The molecule has 1 aromatic rings. The van der Waals surface area contributed by atoms with E-state index in [1.165, 1.54) is 4.31 Å². The first-order valence-electron chi connectivity index (χ1n) is 7.79. The van der Waals surface area contributed by atoms with Crippen LogP contribution in [0.25, 0.3) is 0 Å². The molecule has 0 atom stereocenters. The van der Waals surface area contributed by atoms with E-state index in [2.05, 4.69) is 10.00 Å². The second-order valence-electron chi connectivity index (χ2n) is 5.68. The Morgan fingerprint density at radius 2 is 1.70 bits per heavy atom. The van der Waals surface area contributed by atoms with E-state index in [1.54, 1.807) is 21.4 Å². The number of ether oxygens (including phenoxy) is 1. The lowest BCUT2D eigenvalue weighted by Gasteiger charge is -2.37. The summed E-state index contributed by atoms with van der Waals surface area (Å²) in [6.07, 6.45) is 3.41. The zero-order chi connectivity index (χ0) is 16.3. The molecule has 2 aliphatic rings. The van der Waals surface area contributed by atoms with E-state index in [9.17, 15) is 8.42 Å². The van der Waals surface area contributed by atoms with Crippen molar-refractivity contribution < 1.29 is 13.2 Å². The van der Waals surface area contributed by atoms with E-state index in [1.807, 2.05) is 0 Å². The van der Waals surface area contributed by atoms with Gasteiger partial charge in [-0.05, 0) is 0 Å². The average Bonchev–Trinajstić information content (AvgIpc) is 3.00. The van der Waals surface area contributed by atoms with Gasteiger partial charge in [-0.25, -0.2) is 0 Å². The van der Waals surface area contributed by atoms with Gasteiger partial charge in [0.05, 0.1) is 31.0 Å². The van der Waals surface area contributed by atoms with Crippen molar-refractivity contribution in [2.24, 2.45) is 0 Å². The number of nitrogens with zero attached hydrogens (tertiary/aromatic N) is 5. The number of morpholine rings is 1. The van der Waals surface area contributed by atoms with Gasteiger partial charge >= 0.3 is 0 Å². The number of piperazine rings is 1. The maximum atomic E-state index is 12.6. The van der Waals surface area contributed by atoms with Gasteiger partial charge in [0.2, 0.25) is 0 Å². The van der Waals surface area contributed by atoms with Crippen molar-refractivity contribution in [2.45, 2.75) is 6.54 Å². The Hall–Kier alpha value is -0.710. The Kier molecular flexibility index (Phi) is 5.55. The normalized spacial score (nSPS) is 22.5. The highest BCUT2D eigenvalue weighted by Gasteiger charge is 2.33. The third-order valence-electron chi connectivity index (χ3n) is 4.20. The molecule has 0 amide bonds. The summed E-state index contributed by atoms with van der Waals surface area (Å²) in [6.45, 7) is 5.96. The highest BCUT2D eigenvalue weighted by atomic mass is 35.5. The van der Waals surface area contributed by atoms with Gasteiger partial charge in [0, 0.05) is 52.0 Å². The van der Waals surface area contributed by atoms with Gasteiger partial charge in [0.25, 0.3) is 10.2 Å². The predicted molar refractivity (Wildman–Crippen MR) is 86.6 cm³/mol. The Morgan fingerprint density at radius 3 is 2.30 bits per heavy atom. The van der Waals surface area contributed by atoms with Crippen LogP contribution in [0.15, 0.2) is 12.4 Å². The molecule has 2 aliphatic heterocycles. The summed E-state index contributed by atoms with van der Waals surface area (Å²) in [5, 5.41) is 4.78. The summed E-state index contributed by atoms with van der Waals surface area (Å²) in [6, 6.07) is 0. The quantitative estimate of drug-likeness (QED) is 0.720. The topological polar surface area (TPSA) is 70.9 Å². The largest absolute Gasteiger partial charge is 0.379 e. The zero-order valence-corrected chi connectivity index (χ0v) is 14.5. The summed E-state index contributed by atoms with van der Waals surface area (Å²) >= 11 is 5.84. The minimum atomic E-state index is -3.35. The average molecular weight is 364 g/mol. The molecule has 0 saturated carbocycles. The highest BCUT2D eigenvalue weighted by molar-refractivity contribution is 7.86. The number of hydrogen-bond donors (Lipinski definition) is 0. The van der Waals surface area contributed by atoms with Crippen LogP contribution in [0, 0.1) is 0 Å². The first-order chi connectivity index (χ1) is 11.1. The van der Waals surface area contributed by atoms with Crippen LogP contribution in [0.1, 0.15) is 0 Å². The standard InChI is InChI=1S/C13H22ClN5O3S/c14-13-11-15-17(12-13)4-1-16-2-5-18(6-3-16)23(20,21)19-7-9-22-10-8-19/h11-12H,1-10H2. The molecule has 130 valence electrons. The fraction of sp³-hybridized carbons (Fsp3) is 0.769. The van der Waals surface area contributed by atoms with Gasteiger partial charge < -0.3 is 4.74 Å². The van der Waals surface area contributed by atoms with Crippen LogP contribution < -0.4 is 0 Å². The second kappa shape index (κ2) is 7.45. The fourth-order valence-corrected chi connectivity index (χ4v) is 4.55. The molecule has 0 aromatic carbocycles. The van der Waals surface area contributed by atoms with Crippen LogP contribution in [0.3, 0.4) is 0 Å². The van der Waals surface area contributed by atoms with Gasteiger partial charge in [-0.2, -0.15) is 22.1 Å². The molecule has 0 bridgehead atoms. The number of hydrogen-bond acceptors (Lipinski definition) is 5. The van der Waals surface area contributed by atoms with Gasteiger partial charge in [0.15, 0.2) is 0 Å². The summed E-state index contributed by atoms with van der Waals surface area (Å²) < 4.78 is 35.3. The zero-order valence-electron chi connectivity index (χ0n) is 13.0. The second-order valence-corrected chi connectivity index (χ2v) is 8.05. The lowest BCUT2D eigenvalue weighted by Crippen LogP contribution is -2.55. The van der Waals surface area contributed by atoms with Gasteiger partial charge in [-0.3, -0.25) is 9.58 Å². The van der Waals surface area contributed by atoms with Gasteiger partial charge in [-0.15, -0.1) is 0 Å². The molecule has 0 unspecified atom stereocenters. The van der Waals surface area contributed by atoms with Gasteiger partial charge in [0.1, 0.15) is 0 Å². The molecule has 23 heavy (non-hydrogen) atoms. The highest BCUT2D eigenvalue weighted by Crippen LogP contribution is 2.14. The van der Waals surface area contributed by atoms with Crippen molar-refractivity contribution in [1.82, 2.24) is 23.3 Å². The SMILES string of the molecule is O=S(=O)(N1CCOCC1)N1CCN(CCn2cc(Cl)cn2)CC1. The molecule has 0 aliphatic carbocycles. The molecule has 8 nitrogen and oxygen atoms in total. The lowest BCUT2D eigenvalue weighted by atomic mass is 10.3.